The predicted octanol–water partition coefficient (Wildman–Crippen LogP) is 4.94. The number of anilines is 1. The Balaban J connectivity index is 1.56. The first-order chi connectivity index (χ1) is 17.4. The summed E-state index contributed by atoms with van der Waals surface area (Å²) < 4.78 is 5.49. The number of nitrogens with zero attached hydrogens (tertiary/aromatic N) is 2. The summed E-state index contributed by atoms with van der Waals surface area (Å²) in [5.74, 6) is -0.880. The fourth-order valence-corrected chi connectivity index (χ4v) is 4.67. The van der Waals surface area contributed by atoms with Crippen LogP contribution in [0.5, 0.6) is 5.75 Å². The van der Waals surface area contributed by atoms with E-state index in [2.05, 4.69) is 5.32 Å². The molecule has 1 aliphatic rings. The molecule has 0 aliphatic carbocycles. The van der Waals surface area contributed by atoms with Crippen molar-refractivity contribution in [2.45, 2.75) is 25.1 Å². The molecule has 0 spiro atoms. The second-order valence-corrected chi connectivity index (χ2v) is 9.14. The Bertz CT molecular complexity index is 1260. The molecular formula is C27H25N3O5S. The van der Waals surface area contributed by atoms with E-state index in [1.54, 1.807) is 17.0 Å². The highest BCUT2D eigenvalue weighted by atomic mass is 32.2. The molecule has 36 heavy (non-hydrogen) atoms. The zero-order valence-corrected chi connectivity index (χ0v) is 20.4. The minimum Gasteiger partial charge on any atom is -0.494 e. The quantitative estimate of drug-likeness (QED) is 0.451. The van der Waals surface area contributed by atoms with Crippen LogP contribution in [0, 0.1) is 0 Å². The Labute approximate surface area is 213 Å². The van der Waals surface area contributed by atoms with Crippen LogP contribution in [-0.2, 0) is 16.1 Å². The molecule has 1 unspecified atom stereocenters. The van der Waals surface area contributed by atoms with Crippen molar-refractivity contribution in [1.29, 1.82) is 0 Å². The zero-order chi connectivity index (χ0) is 25.5. The summed E-state index contributed by atoms with van der Waals surface area (Å²) in [5.41, 5.74) is 2.16. The van der Waals surface area contributed by atoms with Gasteiger partial charge in [0.25, 0.3) is 0 Å². The van der Waals surface area contributed by atoms with E-state index < -0.39 is 11.2 Å². The van der Waals surface area contributed by atoms with Crippen molar-refractivity contribution >= 4 is 46.1 Å². The van der Waals surface area contributed by atoms with Gasteiger partial charge in [0.05, 0.1) is 24.4 Å². The molecular weight excluding hydrogens is 478 g/mol. The lowest BCUT2D eigenvalue weighted by molar-refractivity contribution is -0.129. The number of aromatic carboxylic acids is 1. The molecule has 0 radical (unpaired) electrons. The number of amides is 2. The van der Waals surface area contributed by atoms with Crippen molar-refractivity contribution < 1.29 is 24.2 Å². The number of ether oxygens (including phenoxy) is 1. The van der Waals surface area contributed by atoms with E-state index in [0.29, 0.717) is 29.7 Å². The lowest BCUT2D eigenvalue weighted by atomic mass is 10.2. The van der Waals surface area contributed by atoms with Crippen LogP contribution < -0.4 is 10.1 Å². The van der Waals surface area contributed by atoms with E-state index >= 15 is 0 Å². The minimum absolute atomic E-state index is 0.0127. The van der Waals surface area contributed by atoms with Crippen LogP contribution in [0.2, 0.25) is 0 Å². The summed E-state index contributed by atoms with van der Waals surface area (Å²) in [4.78, 5) is 43.6. The summed E-state index contributed by atoms with van der Waals surface area (Å²) in [5, 5.41) is 11.6. The molecule has 1 atom stereocenters. The van der Waals surface area contributed by atoms with Crippen LogP contribution >= 0.6 is 11.8 Å². The first-order valence-corrected chi connectivity index (χ1v) is 12.3. The molecule has 1 heterocycles. The number of hydrogen-bond donors (Lipinski definition) is 2. The molecule has 8 nitrogen and oxygen atoms in total. The Morgan fingerprint density at radius 3 is 2.39 bits per heavy atom. The molecule has 4 rings (SSSR count). The number of carboxylic acids is 1. The van der Waals surface area contributed by atoms with Crippen molar-refractivity contribution in [1.82, 2.24) is 4.90 Å². The van der Waals surface area contributed by atoms with Crippen LogP contribution in [0.4, 0.5) is 11.4 Å². The molecule has 3 aromatic rings. The van der Waals surface area contributed by atoms with Gasteiger partial charge in [0.15, 0.2) is 5.17 Å². The van der Waals surface area contributed by atoms with Crippen molar-refractivity contribution in [3.05, 3.63) is 90.0 Å². The van der Waals surface area contributed by atoms with Crippen LogP contribution in [0.3, 0.4) is 0 Å². The third-order valence-corrected chi connectivity index (χ3v) is 6.58. The maximum atomic E-state index is 13.2. The van der Waals surface area contributed by atoms with Crippen LogP contribution in [0.1, 0.15) is 29.3 Å². The molecule has 1 aliphatic heterocycles. The maximum Gasteiger partial charge on any atom is 0.335 e. The van der Waals surface area contributed by atoms with Gasteiger partial charge in [-0.3, -0.25) is 14.5 Å². The van der Waals surface area contributed by atoms with Gasteiger partial charge in [0, 0.05) is 12.1 Å². The van der Waals surface area contributed by atoms with E-state index in [1.807, 2.05) is 49.4 Å². The summed E-state index contributed by atoms with van der Waals surface area (Å²) in [6.45, 7) is 2.80. The molecule has 3 aromatic carbocycles. The SMILES string of the molecule is CCOc1ccc(N=C2SC(C(=O)Nc3ccc(C(=O)O)cc3)CC(=O)N2Cc2ccccc2)cc1. The standard InChI is InChI=1S/C27H25N3O5S/c1-2-35-22-14-12-21(13-15-22)29-27-30(17-18-6-4-3-5-7-18)24(31)16-23(36-27)25(32)28-20-10-8-19(9-11-20)26(33)34/h3-15,23H,2,16-17H2,1H3,(H,28,32)(H,33,34). The lowest BCUT2D eigenvalue weighted by Crippen LogP contribution is -2.44. The van der Waals surface area contributed by atoms with Gasteiger partial charge in [-0.2, -0.15) is 0 Å². The topological polar surface area (TPSA) is 108 Å². The number of amidine groups is 1. The van der Waals surface area contributed by atoms with Gasteiger partial charge in [0.1, 0.15) is 11.0 Å². The number of carbonyl (C=O) groups is 3. The molecule has 1 fully saturated rings. The van der Waals surface area contributed by atoms with Crippen LogP contribution in [0.25, 0.3) is 0 Å². The summed E-state index contributed by atoms with van der Waals surface area (Å²) in [6, 6.07) is 22.7. The van der Waals surface area contributed by atoms with E-state index in [9.17, 15) is 14.4 Å². The Hall–Kier alpha value is -4.11. The summed E-state index contributed by atoms with van der Waals surface area (Å²) >= 11 is 1.22. The average Bonchev–Trinajstić information content (AvgIpc) is 2.88. The van der Waals surface area contributed by atoms with E-state index in [0.717, 1.165) is 11.3 Å². The van der Waals surface area contributed by atoms with Crippen LogP contribution in [-0.4, -0.2) is 44.8 Å². The normalized spacial score (nSPS) is 16.6. The summed E-state index contributed by atoms with van der Waals surface area (Å²) in [7, 11) is 0. The lowest BCUT2D eigenvalue weighted by Gasteiger charge is -2.32. The highest BCUT2D eigenvalue weighted by Crippen LogP contribution is 2.31. The maximum absolute atomic E-state index is 13.2. The predicted molar refractivity (Wildman–Crippen MR) is 140 cm³/mol. The largest absolute Gasteiger partial charge is 0.494 e. The van der Waals surface area contributed by atoms with E-state index in [4.69, 9.17) is 14.8 Å². The van der Waals surface area contributed by atoms with Gasteiger partial charge < -0.3 is 15.2 Å². The van der Waals surface area contributed by atoms with Crippen molar-refractivity contribution in [2.75, 3.05) is 11.9 Å². The number of carbonyl (C=O) groups excluding carboxylic acids is 2. The van der Waals surface area contributed by atoms with Gasteiger partial charge in [0.2, 0.25) is 11.8 Å². The number of rotatable bonds is 8. The Kier molecular flexibility index (Phi) is 8.02. The molecule has 9 heteroatoms. The second kappa shape index (κ2) is 11.5. The van der Waals surface area contributed by atoms with E-state index in [-0.39, 0.29) is 23.8 Å². The molecule has 184 valence electrons. The van der Waals surface area contributed by atoms with Gasteiger partial charge in [-0.15, -0.1) is 0 Å². The van der Waals surface area contributed by atoms with Crippen LogP contribution in [0.15, 0.2) is 83.9 Å². The molecule has 1 saturated heterocycles. The number of carboxylic acid groups (broad SMARTS) is 1. The van der Waals surface area contributed by atoms with Crippen molar-refractivity contribution in [3.63, 3.8) is 0 Å². The highest BCUT2D eigenvalue weighted by Gasteiger charge is 2.36. The average molecular weight is 504 g/mol. The molecule has 0 saturated carbocycles. The zero-order valence-electron chi connectivity index (χ0n) is 19.6. The van der Waals surface area contributed by atoms with Gasteiger partial charge >= 0.3 is 5.97 Å². The third kappa shape index (κ3) is 6.31. The first-order valence-electron chi connectivity index (χ1n) is 11.4. The fraction of sp³-hybridized carbons (Fsp3) is 0.185. The molecule has 0 bridgehead atoms. The highest BCUT2D eigenvalue weighted by molar-refractivity contribution is 8.15. The number of nitrogens with one attached hydrogen (secondary N) is 1. The van der Waals surface area contributed by atoms with Crippen molar-refractivity contribution in [3.8, 4) is 5.75 Å². The smallest absolute Gasteiger partial charge is 0.335 e. The number of hydrogen-bond acceptors (Lipinski definition) is 6. The fourth-order valence-electron chi connectivity index (χ4n) is 3.58. The molecule has 2 N–H and O–H groups in total. The number of aliphatic imine (C=N–C) groups is 1. The van der Waals surface area contributed by atoms with E-state index in [1.165, 1.54) is 36.0 Å². The van der Waals surface area contributed by atoms with Gasteiger partial charge in [-0.25, -0.2) is 9.79 Å². The number of thioether (sulfide) groups is 1. The minimum atomic E-state index is -1.05. The van der Waals surface area contributed by atoms with Gasteiger partial charge in [-0.05, 0) is 61.0 Å². The Morgan fingerprint density at radius 2 is 1.75 bits per heavy atom. The van der Waals surface area contributed by atoms with Crippen molar-refractivity contribution in [2.24, 2.45) is 4.99 Å². The first kappa shape index (κ1) is 25.0. The molecule has 2 amide bonds. The third-order valence-electron chi connectivity index (χ3n) is 5.39. The summed E-state index contributed by atoms with van der Waals surface area (Å²) in [6.07, 6.45) is 0.0127. The number of benzene rings is 3. The monoisotopic (exact) mass is 503 g/mol. The van der Waals surface area contributed by atoms with Gasteiger partial charge in [-0.1, -0.05) is 42.1 Å². The Morgan fingerprint density at radius 1 is 1.06 bits per heavy atom. The second-order valence-electron chi connectivity index (χ2n) is 7.97. The molecule has 0 aromatic heterocycles.